The Morgan fingerprint density at radius 1 is 1.23 bits per heavy atom. The van der Waals surface area contributed by atoms with Gasteiger partial charge in [-0.3, -0.25) is 0 Å². The number of aromatic nitrogens is 2. The van der Waals surface area contributed by atoms with Crippen LogP contribution in [0.4, 0.5) is 0 Å². The van der Waals surface area contributed by atoms with E-state index in [4.69, 9.17) is 4.74 Å². The summed E-state index contributed by atoms with van der Waals surface area (Å²) in [6, 6.07) is 7.72. The predicted octanol–water partition coefficient (Wildman–Crippen LogP) is 4.26. The Balaban J connectivity index is 2.51. The van der Waals surface area contributed by atoms with Crippen molar-refractivity contribution in [2.75, 3.05) is 6.61 Å². The fourth-order valence-corrected chi connectivity index (χ4v) is 2.71. The van der Waals surface area contributed by atoms with Crippen molar-refractivity contribution in [1.29, 1.82) is 0 Å². The summed E-state index contributed by atoms with van der Waals surface area (Å²) in [5.74, 6) is 0.131. The highest BCUT2D eigenvalue weighted by molar-refractivity contribution is 5.90. The molecule has 4 nitrogen and oxygen atoms in total. The van der Waals surface area contributed by atoms with Crippen LogP contribution in [-0.2, 0) is 4.74 Å². The van der Waals surface area contributed by atoms with Crippen LogP contribution in [0.1, 0.15) is 61.1 Å². The van der Waals surface area contributed by atoms with Crippen molar-refractivity contribution in [2.45, 2.75) is 46.5 Å². The second kappa shape index (κ2) is 7.25. The molecule has 1 heterocycles. The fraction of sp³-hybridized carbons (Fsp3) is 0.444. The van der Waals surface area contributed by atoms with Crippen molar-refractivity contribution in [2.24, 2.45) is 0 Å². The van der Waals surface area contributed by atoms with E-state index in [1.54, 1.807) is 0 Å². The van der Waals surface area contributed by atoms with Crippen LogP contribution in [0.25, 0.3) is 5.69 Å². The van der Waals surface area contributed by atoms with E-state index in [-0.39, 0.29) is 5.97 Å². The summed E-state index contributed by atoms with van der Waals surface area (Å²) in [5, 5.41) is 4.50. The first kappa shape index (κ1) is 16.3. The molecule has 0 aliphatic carbocycles. The molecule has 0 spiro atoms. The standard InChI is InChI=1S/C18H24N2O2/c1-5-14(6-2)16-12-15(18(21)22-7-3)8-9-17(16)20-11-10-13(4)19-20/h8-12,14H,5-7H2,1-4H3. The van der Waals surface area contributed by atoms with Crippen molar-refractivity contribution in [3.05, 3.63) is 47.3 Å². The SMILES string of the molecule is CCOC(=O)c1ccc(-n2ccc(C)n2)c(C(CC)CC)c1. The lowest BCUT2D eigenvalue weighted by Gasteiger charge is -2.18. The van der Waals surface area contributed by atoms with E-state index in [9.17, 15) is 4.79 Å². The Labute approximate surface area is 132 Å². The molecule has 0 aliphatic heterocycles. The number of hydrogen-bond acceptors (Lipinski definition) is 3. The summed E-state index contributed by atoms with van der Waals surface area (Å²) in [6.45, 7) is 8.52. The van der Waals surface area contributed by atoms with Crippen molar-refractivity contribution in [3.8, 4) is 5.69 Å². The molecule has 0 bridgehead atoms. The molecule has 22 heavy (non-hydrogen) atoms. The van der Waals surface area contributed by atoms with Gasteiger partial charge >= 0.3 is 5.97 Å². The van der Waals surface area contributed by atoms with Crippen molar-refractivity contribution in [3.63, 3.8) is 0 Å². The first-order valence-electron chi connectivity index (χ1n) is 7.94. The van der Waals surface area contributed by atoms with Crippen LogP contribution < -0.4 is 0 Å². The lowest BCUT2D eigenvalue weighted by atomic mass is 9.91. The van der Waals surface area contributed by atoms with Gasteiger partial charge in [-0.15, -0.1) is 0 Å². The van der Waals surface area contributed by atoms with Gasteiger partial charge in [-0.05, 0) is 62.4 Å². The second-order valence-electron chi connectivity index (χ2n) is 5.41. The molecular weight excluding hydrogens is 276 g/mol. The van der Waals surface area contributed by atoms with E-state index in [1.807, 2.05) is 49.0 Å². The van der Waals surface area contributed by atoms with E-state index >= 15 is 0 Å². The molecule has 0 amide bonds. The Bertz CT molecular complexity index is 642. The van der Waals surface area contributed by atoms with Crippen molar-refractivity contribution < 1.29 is 9.53 Å². The molecular formula is C18H24N2O2. The molecule has 0 atom stereocenters. The maximum absolute atomic E-state index is 12.0. The number of carbonyl (C=O) groups is 1. The van der Waals surface area contributed by atoms with Crippen molar-refractivity contribution >= 4 is 5.97 Å². The minimum atomic E-state index is -0.266. The van der Waals surface area contributed by atoms with Gasteiger partial charge in [0.05, 0.1) is 23.6 Å². The average Bonchev–Trinajstić information content (AvgIpc) is 2.95. The first-order valence-corrected chi connectivity index (χ1v) is 7.94. The fourth-order valence-electron chi connectivity index (χ4n) is 2.71. The third-order valence-electron chi connectivity index (χ3n) is 3.93. The average molecular weight is 300 g/mol. The minimum Gasteiger partial charge on any atom is -0.462 e. The molecule has 0 radical (unpaired) electrons. The number of nitrogens with zero attached hydrogens (tertiary/aromatic N) is 2. The minimum absolute atomic E-state index is 0.266. The van der Waals surface area contributed by atoms with Gasteiger partial charge in [0, 0.05) is 6.20 Å². The molecule has 0 N–H and O–H groups in total. The van der Waals surface area contributed by atoms with E-state index < -0.39 is 0 Å². The van der Waals surface area contributed by atoms with E-state index in [1.165, 1.54) is 0 Å². The lowest BCUT2D eigenvalue weighted by molar-refractivity contribution is 0.0526. The molecule has 0 fully saturated rings. The Morgan fingerprint density at radius 2 is 1.95 bits per heavy atom. The maximum atomic E-state index is 12.0. The van der Waals surface area contributed by atoms with Gasteiger partial charge in [0.1, 0.15) is 0 Å². The number of hydrogen-bond donors (Lipinski definition) is 0. The molecule has 4 heteroatoms. The number of ether oxygens (including phenoxy) is 1. The highest BCUT2D eigenvalue weighted by Crippen LogP contribution is 2.29. The Morgan fingerprint density at radius 3 is 2.50 bits per heavy atom. The number of aryl methyl sites for hydroxylation is 1. The molecule has 1 aromatic heterocycles. The molecule has 2 rings (SSSR count). The zero-order valence-corrected chi connectivity index (χ0v) is 13.8. The second-order valence-corrected chi connectivity index (χ2v) is 5.41. The van der Waals surface area contributed by atoms with Gasteiger partial charge in [-0.1, -0.05) is 13.8 Å². The zero-order chi connectivity index (χ0) is 16.1. The van der Waals surface area contributed by atoms with Gasteiger partial charge in [0.2, 0.25) is 0 Å². The quantitative estimate of drug-likeness (QED) is 0.749. The monoisotopic (exact) mass is 300 g/mol. The Kier molecular flexibility index (Phi) is 5.36. The third-order valence-corrected chi connectivity index (χ3v) is 3.93. The summed E-state index contributed by atoms with van der Waals surface area (Å²) in [7, 11) is 0. The topological polar surface area (TPSA) is 44.1 Å². The van der Waals surface area contributed by atoms with Gasteiger partial charge < -0.3 is 4.74 Å². The number of benzene rings is 1. The molecule has 0 saturated heterocycles. The van der Waals surface area contributed by atoms with Gasteiger partial charge in [-0.25, -0.2) is 9.48 Å². The van der Waals surface area contributed by atoms with Gasteiger partial charge in [-0.2, -0.15) is 5.10 Å². The summed E-state index contributed by atoms with van der Waals surface area (Å²) in [6.07, 6.45) is 4.01. The third kappa shape index (κ3) is 3.38. The van der Waals surface area contributed by atoms with E-state index in [0.717, 1.165) is 29.8 Å². The maximum Gasteiger partial charge on any atom is 0.338 e. The van der Waals surface area contributed by atoms with E-state index in [2.05, 4.69) is 18.9 Å². The number of rotatable bonds is 6. The highest BCUT2D eigenvalue weighted by atomic mass is 16.5. The zero-order valence-electron chi connectivity index (χ0n) is 13.8. The van der Waals surface area contributed by atoms with Crippen LogP contribution in [0.5, 0.6) is 0 Å². The van der Waals surface area contributed by atoms with Crippen LogP contribution in [0.3, 0.4) is 0 Å². The molecule has 0 unspecified atom stereocenters. The van der Waals surface area contributed by atoms with Gasteiger partial charge in [0.15, 0.2) is 0 Å². The number of esters is 1. The van der Waals surface area contributed by atoms with Crippen LogP contribution in [0.2, 0.25) is 0 Å². The van der Waals surface area contributed by atoms with Crippen LogP contribution >= 0.6 is 0 Å². The Hall–Kier alpha value is -2.10. The van der Waals surface area contributed by atoms with E-state index in [0.29, 0.717) is 18.1 Å². The smallest absolute Gasteiger partial charge is 0.338 e. The van der Waals surface area contributed by atoms with Gasteiger partial charge in [0.25, 0.3) is 0 Å². The van der Waals surface area contributed by atoms with Crippen LogP contribution in [0.15, 0.2) is 30.5 Å². The molecule has 0 aliphatic rings. The number of carbonyl (C=O) groups excluding carboxylic acids is 1. The predicted molar refractivity (Wildman–Crippen MR) is 87.6 cm³/mol. The summed E-state index contributed by atoms with van der Waals surface area (Å²) in [4.78, 5) is 12.0. The lowest BCUT2D eigenvalue weighted by Crippen LogP contribution is -2.10. The van der Waals surface area contributed by atoms with Crippen LogP contribution in [0, 0.1) is 6.92 Å². The molecule has 0 saturated carbocycles. The molecule has 1 aromatic carbocycles. The highest BCUT2D eigenvalue weighted by Gasteiger charge is 2.17. The molecule has 2 aromatic rings. The summed E-state index contributed by atoms with van der Waals surface area (Å²) >= 11 is 0. The molecule has 118 valence electrons. The summed E-state index contributed by atoms with van der Waals surface area (Å²) < 4.78 is 7.01. The van der Waals surface area contributed by atoms with Crippen LogP contribution in [-0.4, -0.2) is 22.4 Å². The first-order chi connectivity index (χ1) is 10.6. The largest absolute Gasteiger partial charge is 0.462 e. The summed E-state index contributed by atoms with van der Waals surface area (Å²) in [5.41, 5.74) is 3.77. The van der Waals surface area contributed by atoms with Crippen molar-refractivity contribution in [1.82, 2.24) is 9.78 Å². The normalized spacial score (nSPS) is 11.0.